The fraction of sp³-hybridized carbons (Fsp3) is 0.200. The van der Waals surface area contributed by atoms with Crippen LogP contribution in [-0.4, -0.2) is 21.7 Å². The number of aliphatic hydroxyl groups is 1. The molecule has 0 atom stereocenters. The van der Waals surface area contributed by atoms with Gasteiger partial charge in [-0.2, -0.15) is 0 Å². The lowest BCUT2D eigenvalue weighted by atomic mass is 10.0. The van der Waals surface area contributed by atoms with Gasteiger partial charge in [-0.3, -0.25) is 4.57 Å². The molecule has 0 fully saturated rings. The molecule has 21 heavy (non-hydrogen) atoms. The van der Waals surface area contributed by atoms with E-state index in [2.05, 4.69) is 0 Å². The fourth-order valence-corrected chi connectivity index (χ4v) is 2.70. The van der Waals surface area contributed by atoms with E-state index in [0.29, 0.717) is 11.3 Å². The molecule has 0 saturated heterocycles. The third-order valence-corrected chi connectivity index (χ3v) is 3.75. The average Bonchev–Trinajstić information content (AvgIpc) is 2.42. The molecule has 3 N–H and O–H groups in total. The summed E-state index contributed by atoms with van der Waals surface area (Å²) in [5, 5.41) is 8.65. The van der Waals surface area contributed by atoms with Crippen molar-refractivity contribution in [1.29, 1.82) is 0 Å². The fourth-order valence-electron chi connectivity index (χ4n) is 2.01. The second-order valence-electron chi connectivity index (χ2n) is 4.73. The molecule has 0 heterocycles. The third kappa shape index (κ3) is 5.33. The highest BCUT2D eigenvalue weighted by Crippen LogP contribution is 2.38. The molecule has 6 heteroatoms. The van der Waals surface area contributed by atoms with Crippen LogP contribution in [-0.2, 0) is 17.1 Å². The first-order chi connectivity index (χ1) is 9.96. The molecule has 0 aromatic heterocycles. The van der Waals surface area contributed by atoms with E-state index in [1.165, 1.54) is 0 Å². The van der Waals surface area contributed by atoms with Crippen LogP contribution in [0.2, 0.25) is 0 Å². The molecule has 0 bridgehead atoms. The van der Waals surface area contributed by atoms with Crippen molar-refractivity contribution in [3.8, 4) is 5.75 Å². The first-order valence-corrected chi connectivity index (χ1v) is 8.21. The van der Waals surface area contributed by atoms with Crippen molar-refractivity contribution in [2.75, 3.05) is 6.79 Å². The molecule has 0 spiro atoms. The van der Waals surface area contributed by atoms with Gasteiger partial charge >= 0.3 is 7.60 Å². The van der Waals surface area contributed by atoms with Gasteiger partial charge < -0.3 is 19.6 Å². The maximum Gasteiger partial charge on any atom is 0.329 e. The molecule has 0 aliphatic rings. The van der Waals surface area contributed by atoms with Crippen molar-refractivity contribution >= 4 is 7.60 Å². The maximum atomic E-state index is 10.9. The minimum atomic E-state index is -4.02. The molecule has 2 rings (SSSR count). The van der Waals surface area contributed by atoms with E-state index in [9.17, 15) is 4.57 Å². The first-order valence-electron chi connectivity index (χ1n) is 6.41. The summed E-state index contributed by atoms with van der Waals surface area (Å²) >= 11 is 0. The highest BCUT2D eigenvalue weighted by Gasteiger charge is 2.13. The lowest BCUT2D eigenvalue weighted by Gasteiger charge is -2.07. The molecule has 0 radical (unpaired) electrons. The highest BCUT2D eigenvalue weighted by atomic mass is 31.2. The van der Waals surface area contributed by atoms with Crippen LogP contribution < -0.4 is 4.74 Å². The number of rotatable bonds is 6. The van der Waals surface area contributed by atoms with Gasteiger partial charge in [0.05, 0.1) is 6.16 Å². The van der Waals surface area contributed by atoms with E-state index in [0.717, 1.165) is 17.5 Å². The number of hydrogen-bond acceptors (Lipinski definition) is 3. The Hall–Kier alpha value is -1.65. The standard InChI is InChI=1S/C15H17O5P/c16-11-20-15-7-5-13(6-8-15)9-12-1-3-14(4-2-12)10-21(17,18)19/h1-8,16H,9-11H2,(H2,17,18,19). The second kappa shape index (κ2) is 6.87. The molecule has 0 amide bonds. The van der Waals surface area contributed by atoms with E-state index in [1.54, 1.807) is 24.3 Å². The van der Waals surface area contributed by atoms with Crippen molar-refractivity contribution < 1.29 is 24.2 Å². The zero-order valence-electron chi connectivity index (χ0n) is 11.3. The Balaban J connectivity index is 2.01. The molecular weight excluding hydrogens is 291 g/mol. The summed E-state index contributed by atoms with van der Waals surface area (Å²) in [4.78, 5) is 17.9. The highest BCUT2D eigenvalue weighted by molar-refractivity contribution is 7.50. The second-order valence-corrected chi connectivity index (χ2v) is 6.38. The predicted octanol–water partition coefficient (Wildman–Crippen LogP) is 2.28. The van der Waals surface area contributed by atoms with Gasteiger partial charge in [-0.1, -0.05) is 36.4 Å². The van der Waals surface area contributed by atoms with Crippen molar-refractivity contribution in [3.63, 3.8) is 0 Å². The Morgan fingerprint density at radius 1 is 0.857 bits per heavy atom. The largest absolute Gasteiger partial charge is 0.468 e. The summed E-state index contributed by atoms with van der Waals surface area (Å²) in [6.45, 7) is -0.347. The summed E-state index contributed by atoms with van der Waals surface area (Å²) in [5.41, 5.74) is 2.77. The number of aliphatic hydroxyl groups excluding tert-OH is 1. The topological polar surface area (TPSA) is 87.0 Å². The van der Waals surface area contributed by atoms with Crippen molar-refractivity contribution in [1.82, 2.24) is 0 Å². The average molecular weight is 308 g/mol. The number of ether oxygens (including phenoxy) is 1. The zero-order chi connectivity index (χ0) is 15.3. The van der Waals surface area contributed by atoms with E-state index in [1.807, 2.05) is 24.3 Å². The van der Waals surface area contributed by atoms with E-state index in [4.69, 9.17) is 19.6 Å². The molecule has 2 aromatic carbocycles. The summed E-state index contributed by atoms with van der Waals surface area (Å²) in [6.07, 6.45) is 0.482. The van der Waals surface area contributed by atoms with Crippen LogP contribution in [0, 0.1) is 0 Å². The summed E-state index contributed by atoms with van der Waals surface area (Å²) < 4.78 is 15.9. The normalized spacial score (nSPS) is 11.4. The predicted molar refractivity (Wildman–Crippen MR) is 79.2 cm³/mol. The van der Waals surface area contributed by atoms with Crippen LogP contribution in [0.1, 0.15) is 16.7 Å². The smallest absolute Gasteiger partial charge is 0.329 e. The van der Waals surface area contributed by atoms with E-state index < -0.39 is 7.60 Å². The third-order valence-electron chi connectivity index (χ3n) is 2.97. The van der Waals surface area contributed by atoms with Crippen molar-refractivity contribution in [2.24, 2.45) is 0 Å². The van der Waals surface area contributed by atoms with Crippen LogP contribution in [0.4, 0.5) is 0 Å². The van der Waals surface area contributed by atoms with Crippen LogP contribution in [0.15, 0.2) is 48.5 Å². The van der Waals surface area contributed by atoms with Crippen LogP contribution in [0.25, 0.3) is 0 Å². The van der Waals surface area contributed by atoms with Gasteiger partial charge in [0.1, 0.15) is 5.75 Å². The Labute approximate surface area is 123 Å². The number of hydrogen-bond donors (Lipinski definition) is 3. The summed E-state index contributed by atoms with van der Waals surface area (Å²) in [7, 11) is -4.02. The minimum Gasteiger partial charge on any atom is -0.468 e. The molecule has 112 valence electrons. The van der Waals surface area contributed by atoms with Gasteiger partial charge in [0.15, 0.2) is 6.79 Å². The molecule has 5 nitrogen and oxygen atoms in total. The van der Waals surface area contributed by atoms with E-state index in [-0.39, 0.29) is 13.0 Å². The first kappa shape index (κ1) is 15.7. The van der Waals surface area contributed by atoms with Crippen molar-refractivity contribution in [2.45, 2.75) is 12.6 Å². The van der Waals surface area contributed by atoms with Gasteiger partial charge in [-0.15, -0.1) is 0 Å². The Bertz CT molecular complexity index is 616. The Morgan fingerprint density at radius 2 is 1.33 bits per heavy atom. The van der Waals surface area contributed by atoms with E-state index >= 15 is 0 Å². The molecular formula is C15H17O5P. The molecule has 2 aromatic rings. The minimum absolute atomic E-state index is 0.236. The summed E-state index contributed by atoms with van der Waals surface area (Å²) in [5.74, 6) is 0.609. The molecule has 0 aliphatic heterocycles. The van der Waals surface area contributed by atoms with Crippen LogP contribution >= 0.6 is 7.60 Å². The van der Waals surface area contributed by atoms with Crippen LogP contribution in [0.5, 0.6) is 5.75 Å². The lowest BCUT2D eigenvalue weighted by molar-refractivity contribution is 0.0985. The maximum absolute atomic E-state index is 10.9. The van der Waals surface area contributed by atoms with Gasteiger partial charge in [0, 0.05) is 0 Å². The lowest BCUT2D eigenvalue weighted by Crippen LogP contribution is -1.95. The Kier molecular flexibility index (Phi) is 5.15. The van der Waals surface area contributed by atoms with Gasteiger partial charge in [-0.05, 0) is 35.2 Å². The quantitative estimate of drug-likeness (QED) is 0.563. The van der Waals surface area contributed by atoms with Gasteiger partial charge in [0.2, 0.25) is 0 Å². The van der Waals surface area contributed by atoms with Gasteiger partial charge in [0.25, 0.3) is 0 Å². The zero-order valence-corrected chi connectivity index (χ0v) is 12.2. The molecule has 0 aliphatic carbocycles. The number of benzene rings is 2. The van der Waals surface area contributed by atoms with Crippen LogP contribution in [0.3, 0.4) is 0 Å². The van der Waals surface area contributed by atoms with Crippen molar-refractivity contribution in [3.05, 3.63) is 65.2 Å². The van der Waals surface area contributed by atoms with Gasteiger partial charge in [-0.25, -0.2) is 0 Å². The summed E-state index contributed by atoms with van der Waals surface area (Å²) in [6, 6.07) is 14.6. The monoisotopic (exact) mass is 308 g/mol. The molecule has 0 saturated carbocycles. The molecule has 0 unspecified atom stereocenters. The SMILES string of the molecule is O=P(O)(O)Cc1ccc(Cc2ccc(OCO)cc2)cc1. The Morgan fingerprint density at radius 3 is 1.81 bits per heavy atom.